The zero-order valence-electron chi connectivity index (χ0n) is 14.0. The zero-order chi connectivity index (χ0) is 15.7. The second kappa shape index (κ2) is 4.50. The first-order valence-electron chi connectivity index (χ1n) is 8.65. The summed E-state index contributed by atoms with van der Waals surface area (Å²) in [6, 6.07) is 11.6. The average molecular weight is 302 g/mol. The van der Waals surface area contributed by atoms with E-state index in [1.807, 2.05) is 0 Å². The quantitative estimate of drug-likeness (QED) is 0.644. The van der Waals surface area contributed by atoms with Crippen molar-refractivity contribution in [2.45, 2.75) is 32.1 Å². The molecule has 2 aromatic rings. The van der Waals surface area contributed by atoms with E-state index in [1.165, 1.54) is 34.2 Å². The maximum Gasteiger partial charge on any atom is 0.119 e. The molecule has 0 aromatic heterocycles. The van der Waals surface area contributed by atoms with Gasteiger partial charge < -0.3 is 4.74 Å². The van der Waals surface area contributed by atoms with Gasteiger partial charge in [0.15, 0.2) is 0 Å². The lowest BCUT2D eigenvalue weighted by Crippen LogP contribution is -2.21. The fraction of sp³-hybridized carbons (Fsp3) is 0.364. The molecule has 1 saturated carbocycles. The van der Waals surface area contributed by atoms with Gasteiger partial charge in [-0.1, -0.05) is 30.4 Å². The van der Waals surface area contributed by atoms with Crippen LogP contribution in [0.5, 0.6) is 5.75 Å². The number of allylic oxidation sites excluding steroid dienone is 2. The topological polar surface area (TPSA) is 9.23 Å². The molecule has 0 aliphatic heterocycles. The molecule has 0 radical (unpaired) electrons. The highest BCUT2D eigenvalue weighted by Gasteiger charge is 2.49. The molecule has 0 heterocycles. The molecule has 1 fully saturated rings. The third-order valence-electron chi connectivity index (χ3n) is 6.39. The van der Waals surface area contributed by atoms with Crippen molar-refractivity contribution < 1.29 is 4.74 Å². The molecular formula is C22H22O. The summed E-state index contributed by atoms with van der Waals surface area (Å²) in [4.78, 5) is 0. The van der Waals surface area contributed by atoms with E-state index in [4.69, 9.17) is 4.74 Å². The van der Waals surface area contributed by atoms with Crippen molar-refractivity contribution in [3.05, 3.63) is 64.7 Å². The highest BCUT2D eigenvalue weighted by molar-refractivity contribution is 5.78. The lowest BCUT2D eigenvalue weighted by molar-refractivity contribution is 0.414. The summed E-state index contributed by atoms with van der Waals surface area (Å²) in [6.07, 6.45) is 6.26. The zero-order valence-corrected chi connectivity index (χ0v) is 14.0. The van der Waals surface area contributed by atoms with Crippen LogP contribution in [-0.4, -0.2) is 7.11 Å². The number of methoxy groups -OCH3 is 1. The van der Waals surface area contributed by atoms with E-state index in [1.54, 1.807) is 12.7 Å². The molecule has 2 bridgehead atoms. The molecule has 4 atom stereocenters. The molecule has 2 aromatic carbocycles. The van der Waals surface area contributed by atoms with Crippen LogP contribution in [0.25, 0.3) is 11.1 Å². The Hall–Kier alpha value is -2.02. The molecule has 0 amide bonds. The predicted octanol–water partition coefficient (Wildman–Crippen LogP) is 5.37. The van der Waals surface area contributed by atoms with E-state index in [0.29, 0.717) is 17.8 Å². The molecule has 116 valence electrons. The molecule has 4 unspecified atom stereocenters. The van der Waals surface area contributed by atoms with Gasteiger partial charge in [0, 0.05) is 0 Å². The van der Waals surface area contributed by atoms with Crippen molar-refractivity contribution in [2.24, 2.45) is 11.8 Å². The van der Waals surface area contributed by atoms with Gasteiger partial charge in [-0.2, -0.15) is 0 Å². The van der Waals surface area contributed by atoms with Gasteiger partial charge >= 0.3 is 0 Å². The summed E-state index contributed by atoms with van der Waals surface area (Å²) < 4.78 is 5.51. The van der Waals surface area contributed by atoms with E-state index in [2.05, 4.69) is 56.3 Å². The van der Waals surface area contributed by atoms with Crippen LogP contribution in [0.3, 0.4) is 0 Å². The smallest absolute Gasteiger partial charge is 0.119 e. The summed E-state index contributed by atoms with van der Waals surface area (Å²) in [6.45, 7) is 4.47. The first-order chi connectivity index (χ1) is 11.2. The van der Waals surface area contributed by atoms with Gasteiger partial charge in [-0.25, -0.2) is 0 Å². The second-order valence-corrected chi connectivity index (χ2v) is 7.48. The molecule has 0 N–H and O–H groups in total. The van der Waals surface area contributed by atoms with Crippen LogP contribution in [0.4, 0.5) is 0 Å². The average Bonchev–Trinajstić information content (AvgIpc) is 3.18. The van der Waals surface area contributed by atoms with Crippen molar-refractivity contribution in [2.75, 3.05) is 7.11 Å². The van der Waals surface area contributed by atoms with Gasteiger partial charge in [-0.3, -0.25) is 0 Å². The number of benzene rings is 2. The fourth-order valence-electron chi connectivity index (χ4n) is 5.20. The third-order valence-corrected chi connectivity index (χ3v) is 6.39. The Balaban J connectivity index is 1.83. The van der Waals surface area contributed by atoms with Crippen LogP contribution in [0.1, 0.15) is 40.5 Å². The van der Waals surface area contributed by atoms with Crippen LogP contribution in [0, 0.1) is 25.7 Å². The SMILES string of the molecule is COc1ccc2c(c1)-c1cc(C)c(C)cc1C1C3C=CC(C3)C21. The lowest BCUT2D eigenvalue weighted by Gasteiger charge is -2.37. The van der Waals surface area contributed by atoms with E-state index in [0.717, 1.165) is 11.7 Å². The van der Waals surface area contributed by atoms with Crippen LogP contribution in [-0.2, 0) is 0 Å². The largest absolute Gasteiger partial charge is 0.497 e. The summed E-state index contributed by atoms with van der Waals surface area (Å²) in [5.41, 5.74) is 8.73. The Labute approximate surface area is 138 Å². The van der Waals surface area contributed by atoms with Crippen molar-refractivity contribution in [1.82, 2.24) is 0 Å². The number of aryl methyl sites for hydroxylation is 2. The minimum Gasteiger partial charge on any atom is -0.497 e. The van der Waals surface area contributed by atoms with Crippen molar-refractivity contribution in [1.29, 1.82) is 0 Å². The van der Waals surface area contributed by atoms with Crippen LogP contribution >= 0.6 is 0 Å². The Morgan fingerprint density at radius 3 is 2.22 bits per heavy atom. The molecular weight excluding hydrogens is 280 g/mol. The fourth-order valence-corrected chi connectivity index (χ4v) is 5.20. The van der Waals surface area contributed by atoms with Gasteiger partial charge in [0.2, 0.25) is 0 Å². The summed E-state index contributed by atoms with van der Waals surface area (Å²) in [7, 11) is 1.76. The van der Waals surface area contributed by atoms with Crippen LogP contribution in [0.2, 0.25) is 0 Å². The number of hydrogen-bond donors (Lipinski definition) is 0. The van der Waals surface area contributed by atoms with Gasteiger partial charge in [0.1, 0.15) is 5.75 Å². The van der Waals surface area contributed by atoms with E-state index in [9.17, 15) is 0 Å². The first kappa shape index (κ1) is 13.4. The second-order valence-electron chi connectivity index (χ2n) is 7.48. The molecule has 23 heavy (non-hydrogen) atoms. The van der Waals surface area contributed by atoms with Gasteiger partial charge in [0.25, 0.3) is 0 Å². The Morgan fingerprint density at radius 2 is 1.48 bits per heavy atom. The van der Waals surface area contributed by atoms with Crippen LogP contribution in [0.15, 0.2) is 42.5 Å². The standard InChI is InChI=1S/C22H22O/c1-12-8-18-19-11-16(23-3)6-7-17(19)21-14-4-5-15(10-14)22(21)20(18)9-13(12)2/h4-9,11,14-15,21-22H,10H2,1-3H3. The van der Waals surface area contributed by atoms with Crippen molar-refractivity contribution in [3.8, 4) is 16.9 Å². The lowest BCUT2D eigenvalue weighted by atomic mass is 9.67. The van der Waals surface area contributed by atoms with Gasteiger partial charge in [-0.05, 0) is 89.5 Å². The van der Waals surface area contributed by atoms with Crippen LogP contribution < -0.4 is 4.74 Å². The monoisotopic (exact) mass is 302 g/mol. The maximum absolute atomic E-state index is 5.51. The van der Waals surface area contributed by atoms with E-state index in [-0.39, 0.29) is 0 Å². The van der Waals surface area contributed by atoms with Crippen molar-refractivity contribution in [3.63, 3.8) is 0 Å². The molecule has 1 heteroatoms. The molecule has 3 aliphatic carbocycles. The predicted molar refractivity (Wildman–Crippen MR) is 94.1 cm³/mol. The molecule has 0 spiro atoms. The number of ether oxygens (including phenoxy) is 1. The molecule has 5 rings (SSSR count). The molecule has 0 saturated heterocycles. The minimum absolute atomic E-state index is 0.653. The number of hydrogen-bond acceptors (Lipinski definition) is 1. The van der Waals surface area contributed by atoms with Gasteiger partial charge in [0.05, 0.1) is 7.11 Å². The van der Waals surface area contributed by atoms with E-state index < -0.39 is 0 Å². The Morgan fingerprint density at radius 1 is 0.826 bits per heavy atom. The Kier molecular flexibility index (Phi) is 2.63. The van der Waals surface area contributed by atoms with Crippen molar-refractivity contribution >= 4 is 0 Å². The minimum atomic E-state index is 0.653. The highest BCUT2D eigenvalue weighted by atomic mass is 16.5. The molecule has 3 aliphatic rings. The Bertz CT molecular complexity index is 845. The summed E-state index contributed by atoms with van der Waals surface area (Å²) in [5, 5.41) is 0. The number of fused-ring (bicyclic) bond motifs is 10. The summed E-state index contributed by atoms with van der Waals surface area (Å²) >= 11 is 0. The van der Waals surface area contributed by atoms with Gasteiger partial charge in [-0.15, -0.1) is 0 Å². The summed E-state index contributed by atoms with van der Waals surface area (Å²) in [5.74, 6) is 3.72. The third kappa shape index (κ3) is 1.68. The van der Waals surface area contributed by atoms with E-state index >= 15 is 0 Å². The molecule has 1 nitrogen and oxygen atoms in total. The first-order valence-corrected chi connectivity index (χ1v) is 8.65. The number of rotatable bonds is 1. The highest BCUT2D eigenvalue weighted by Crippen LogP contribution is 2.63. The normalized spacial score (nSPS) is 29.2. The maximum atomic E-state index is 5.51.